The van der Waals surface area contributed by atoms with E-state index in [4.69, 9.17) is 22.4 Å². The van der Waals surface area contributed by atoms with E-state index in [1.165, 1.54) is 0 Å². The fourth-order valence-electron chi connectivity index (χ4n) is 1.99. The van der Waals surface area contributed by atoms with Gasteiger partial charge < -0.3 is 15.5 Å². The number of anilines is 2. The van der Waals surface area contributed by atoms with E-state index in [2.05, 4.69) is 10.3 Å². The van der Waals surface area contributed by atoms with Gasteiger partial charge in [-0.15, -0.1) is 0 Å². The SMILES string of the molecule is Nc1nc(-c2ccccc2)c(C(=S)Nc2ccccc2)o1. The van der Waals surface area contributed by atoms with E-state index in [1.807, 2.05) is 60.7 Å². The Morgan fingerprint density at radius 1 is 1.00 bits per heavy atom. The van der Waals surface area contributed by atoms with Gasteiger partial charge in [0.05, 0.1) is 0 Å². The average molecular weight is 295 g/mol. The number of hydrogen-bond donors (Lipinski definition) is 2. The highest BCUT2D eigenvalue weighted by Crippen LogP contribution is 2.26. The van der Waals surface area contributed by atoms with Crippen LogP contribution in [0.25, 0.3) is 11.3 Å². The van der Waals surface area contributed by atoms with Crippen molar-refractivity contribution in [3.8, 4) is 11.3 Å². The van der Waals surface area contributed by atoms with Crippen molar-refractivity contribution in [2.75, 3.05) is 11.1 Å². The molecule has 5 heteroatoms. The maximum atomic E-state index is 5.68. The first-order chi connectivity index (χ1) is 10.2. The highest BCUT2D eigenvalue weighted by molar-refractivity contribution is 7.81. The average Bonchev–Trinajstić information content (AvgIpc) is 2.91. The summed E-state index contributed by atoms with van der Waals surface area (Å²) >= 11 is 5.40. The monoisotopic (exact) mass is 295 g/mol. The summed E-state index contributed by atoms with van der Waals surface area (Å²) in [5.74, 6) is 0.470. The standard InChI is InChI=1S/C16H13N3OS/c17-16-19-13(11-7-3-1-4-8-11)14(20-16)15(21)18-12-9-5-2-6-10-12/h1-10H,(H2,17,19)(H,18,21). The Hall–Kier alpha value is -2.66. The number of nitrogens with one attached hydrogen (secondary N) is 1. The Kier molecular flexibility index (Phi) is 3.66. The van der Waals surface area contributed by atoms with Crippen molar-refractivity contribution >= 4 is 28.9 Å². The molecule has 1 heterocycles. The summed E-state index contributed by atoms with van der Waals surface area (Å²) in [6.45, 7) is 0. The highest BCUT2D eigenvalue weighted by Gasteiger charge is 2.17. The number of thiocarbonyl (C=S) groups is 1. The zero-order valence-electron chi connectivity index (χ0n) is 11.1. The van der Waals surface area contributed by atoms with E-state index in [1.54, 1.807) is 0 Å². The third-order valence-corrected chi connectivity index (χ3v) is 3.22. The largest absolute Gasteiger partial charge is 0.420 e. The zero-order valence-corrected chi connectivity index (χ0v) is 11.9. The van der Waals surface area contributed by atoms with Crippen LogP contribution < -0.4 is 11.1 Å². The van der Waals surface area contributed by atoms with E-state index in [-0.39, 0.29) is 6.01 Å². The number of nitrogens with two attached hydrogens (primary N) is 1. The smallest absolute Gasteiger partial charge is 0.293 e. The van der Waals surface area contributed by atoms with Crippen molar-refractivity contribution in [3.05, 3.63) is 66.4 Å². The maximum absolute atomic E-state index is 5.68. The quantitative estimate of drug-likeness (QED) is 0.721. The van der Waals surface area contributed by atoms with Crippen LogP contribution in [0, 0.1) is 0 Å². The molecule has 0 spiro atoms. The van der Waals surface area contributed by atoms with E-state index >= 15 is 0 Å². The Morgan fingerprint density at radius 2 is 1.62 bits per heavy atom. The number of benzene rings is 2. The Labute approximate surface area is 127 Å². The molecule has 21 heavy (non-hydrogen) atoms. The number of hydrogen-bond acceptors (Lipinski definition) is 4. The minimum Gasteiger partial charge on any atom is -0.420 e. The number of oxazole rings is 1. The summed E-state index contributed by atoms with van der Waals surface area (Å²) in [6.07, 6.45) is 0. The maximum Gasteiger partial charge on any atom is 0.293 e. The van der Waals surface area contributed by atoms with Gasteiger partial charge in [0, 0.05) is 11.3 Å². The summed E-state index contributed by atoms with van der Waals surface area (Å²) in [4.78, 5) is 4.68. The van der Waals surface area contributed by atoms with Gasteiger partial charge in [0.2, 0.25) is 0 Å². The molecule has 0 atom stereocenters. The molecule has 0 saturated carbocycles. The van der Waals surface area contributed by atoms with Crippen molar-refractivity contribution in [1.29, 1.82) is 0 Å². The minimum atomic E-state index is 0.0982. The fourth-order valence-corrected chi connectivity index (χ4v) is 2.25. The molecule has 3 aromatic rings. The predicted molar refractivity (Wildman–Crippen MR) is 88.1 cm³/mol. The van der Waals surface area contributed by atoms with E-state index < -0.39 is 0 Å². The Bertz CT molecular complexity index is 754. The van der Waals surface area contributed by atoms with E-state index in [0.717, 1.165) is 11.3 Å². The van der Waals surface area contributed by atoms with Gasteiger partial charge in [-0.05, 0) is 12.1 Å². The predicted octanol–water partition coefficient (Wildman–Crippen LogP) is 3.71. The van der Waals surface area contributed by atoms with Crippen molar-refractivity contribution in [2.24, 2.45) is 0 Å². The molecule has 0 fully saturated rings. The highest BCUT2D eigenvalue weighted by atomic mass is 32.1. The second kappa shape index (κ2) is 5.76. The first-order valence-electron chi connectivity index (χ1n) is 6.42. The van der Waals surface area contributed by atoms with Crippen molar-refractivity contribution in [3.63, 3.8) is 0 Å². The van der Waals surface area contributed by atoms with Crippen LogP contribution in [0.2, 0.25) is 0 Å². The summed E-state index contributed by atoms with van der Waals surface area (Å²) in [5, 5.41) is 3.12. The summed E-state index contributed by atoms with van der Waals surface area (Å²) in [6, 6.07) is 19.4. The number of nitrogens with zero attached hydrogens (tertiary/aromatic N) is 1. The molecular formula is C16H13N3OS. The zero-order chi connectivity index (χ0) is 14.7. The molecule has 104 valence electrons. The normalized spacial score (nSPS) is 10.3. The van der Waals surface area contributed by atoms with Crippen LogP contribution in [0.4, 0.5) is 11.7 Å². The molecule has 0 aliphatic carbocycles. The van der Waals surface area contributed by atoms with Crippen molar-refractivity contribution < 1.29 is 4.42 Å². The van der Waals surface area contributed by atoms with Crippen LogP contribution in [-0.4, -0.2) is 9.97 Å². The molecule has 3 rings (SSSR count). The molecule has 2 aromatic carbocycles. The Balaban J connectivity index is 1.94. The van der Waals surface area contributed by atoms with Gasteiger partial charge in [-0.3, -0.25) is 0 Å². The molecular weight excluding hydrogens is 282 g/mol. The lowest BCUT2D eigenvalue weighted by molar-refractivity contribution is 0.573. The molecule has 0 bridgehead atoms. The fraction of sp³-hybridized carbons (Fsp3) is 0. The van der Waals surface area contributed by atoms with Gasteiger partial charge in [-0.2, -0.15) is 4.98 Å². The van der Waals surface area contributed by atoms with Gasteiger partial charge >= 0.3 is 0 Å². The molecule has 1 aromatic heterocycles. The number of aromatic nitrogens is 1. The molecule has 3 N–H and O–H groups in total. The Morgan fingerprint density at radius 3 is 2.29 bits per heavy atom. The van der Waals surface area contributed by atoms with Gasteiger partial charge in [0.25, 0.3) is 6.01 Å². The summed E-state index contributed by atoms with van der Waals surface area (Å²) < 4.78 is 5.47. The first kappa shape index (κ1) is 13.3. The van der Waals surface area contributed by atoms with Gasteiger partial charge in [-0.1, -0.05) is 60.7 Å². The van der Waals surface area contributed by atoms with E-state index in [9.17, 15) is 0 Å². The summed E-state index contributed by atoms with van der Waals surface area (Å²) in [7, 11) is 0. The minimum absolute atomic E-state index is 0.0982. The van der Waals surface area contributed by atoms with Crippen molar-refractivity contribution in [1.82, 2.24) is 4.98 Å². The lowest BCUT2D eigenvalue weighted by atomic mass is 10.1. The van der Waals surface area contributed by atoms with Crippen LogP contribution >= 0.6 is 12.2 Å². The van der Waals surface area contributed by atoms with Crippen LogP contribution in [-0.2, 0) is 0 Å². The van der Waals surface area contributed by atoms with Gasteiger partial charge in [0.15, 0.2) is 5.76 Å². The van der Waals surface area contributed by atoms with Crippen LogP contribution in [0.15, 0.2) is 65.1 Å². The first-order valence-corrected chi connectivity index (χ1v) is 6.83. The number of nitrogen functional groups attached to an aromatic ring is 1. The number of para-hydroxylation sites is 1. The topological polar surface area (TPSA) is 64.1 Å². The molecule has 0 saturated heterocycles. The van der Waals surface area contributed by atoms with Gasteiger partial charge in [0.1, 0.15) is 10.7 Å². The number of rotatable bonds is 3. The molecule has 4 nitrogen and oxygen atoms in total. The second-order valence-electron chi connectivity index (χ2n) is 4.42. The van der Waals surface area contributed by atoms with Gasteiger partial charge in [-0.25, -0.2) is 0 Å². The molecule has 0 aliphatic rings. The lowest BCUT2D eigenvalue weighted by Gasteiger charge is -2.06. The van der Waals surface area contributed by atoms with E-state index in [0.29, 0.717) is 16.4 Å². The summed E-state index contributed by atoms with van der Waals surface area (Å²) in [5.41, 5.74) is 8.12. The molecule has 0 radical (unpaired) electrons. The van der Waals surface area contributed by atoms with Crippen LogP contribution in [0.5, 0.6) is 0 Å². The van der Waals surface area contributed by atoms with Crippen LogP contribution in [0.1, 0.15) is 5.76 Å². The molecule has 0 aliphatic heterocycles. The molecule has 0 amide bonds. The molecule has 0 unspecified atom stereocenters. The van der Waals surface area contributed by atoms with Crippen molar-refractivity contribution in [2.45, 2.75) is 0 Å². The van der Waals surface area contributed by atoms with Crippen LogP contribution in [0.3, 0.4) is 0 Å². The third-order valence-electron chi connectivity index (χ3n) is 2.93. The third kappa shape index (κ3) is 2.93. The second-order valence-corrected chi connectivity index (χ2v) is 4.82. The lowest BCUT2D eigenvalue weighted by Crippen LogP contribution is -2.10.